The van der Waals surface area contributed by atoms with E-state index in [1.807, 2.05) is 4.90 Å². The smallest absolute Gasteiger partial charge is 0.227 e. The molecular formula is C21H31FN2O2. The number of carbonyl (C=O) groups is 2. The number of benzene rings is 1. The van der Waals surface area contributed by atoms with Crippen LogP contribution in [0.3, 0.4) is 0 Å². The maximum absolute atomic E-state index is 13.0. The van der Waals surface area contributed by atoms with Crippen molar-refractivity contribution >= 4 is 11.8 Å². The van der Waals surface area contributed by atoms with Crippen molar-refractivity contribution in [1.82, 2.24) is 9.80 Å². The summed E-state index contributed by atoms with van der Waals surface area (Å²) in [6.07, 6.45) is 5.13. The van der Waals surface area contributed by atoms with E-state index in [4.69, 9.17) is 0 Å². The highest BCUT2D eigenvalue weighted by Gasteiger charge is 2.35. The fourth-order valence-corrected chi connectivity index (χ4v) is 3.36. The zero-order valence-corrected chi connectivity index (χ0v) is 16.0. The molecule has 1 aliphatic heterocycles. The highest BCUT2D eigenvalue weighted by molar-refractivity contribution is 5.89. The SMILES string of the molecule is CCCCN(CCCC)C(=O)[C@H]1CC(=O)N(CCc2ccc(F)cc2)C1. The molecule has 1 saturated heterocycles. The van der Waals surface area contributed by atoms with Crippen molar-refractivity contribution in [3.05, 3.63) is 35.6 Å². The summed E-state index contributed by atoms with van der Waals surface area (Å²) in [5, 5.41) is 0. The van der Waals surface area contributed by atoms with Gasteiger partial charge in [-0.1, -0.05) is 38.8 Å². The van der Waals surface area contributed by atoms with Gasteiger partial charge in [0.15, 0.2) is 0 Å². The lowest BCUT2D eigenvalue weighted by Gasteiger charge is -2.25. The molecule has 0 bridgehead atoms. The molecule has 0 saturated carbocycles. The molecule has 5 heteroatoms. The molecule has 1 aliphatic rings. The predicted molar refractivity (Wildman–Crippen MR) is 101 cm³/mol. The van der Waals surface area contributed by atoms with Crippen LogP contribution in [0.4, 0.5) is 4.39 Å². The molecule has 144 valence electrons. The fraction of sp³-hybridized carbons (Fsp3) is 0.619. The van der Waals surface area contributed by atoms with Crippen LogP contribution in [0.15, 0.2) is 24.3 Å². The molecule has 0 radical (unpaired) electrons. The number of hydrogen-bond acceptors (Lipinski definition) is 2. The molecule has 1 aromatic rings. The molecule has 1 aromatic carbocycles. The second-order valence-corrected chi connectivity index (χ2v) is 7.15. The molecule has 1 fully saturated rings. The highest BCUT2D eigenvalue weighted by atomic mass is 19.1. The van der Waals surface area contributed by atoms with Gasteiger partial charge < -0.3 is 9.80 Å². The summed E-state index contributed by atoms with van der Waals surface area (Å²) in [6, 6.07) is 6.37. The molecule has 0 N–H and O–H groups in total. The first-order chi connectivity index (χ1) is 12.5. The summed E-state index contributed by atoms with van der Waals surface area (Å²) in [5.74, 6) is -0.290. The van der Waals surface area contributed by atoms with Crippen molar-refractivity contribution in [2.24, 2.45) is 5.92 Å². The molecule has 2 rings (SSSR count). The average molecular weight is 362 g/mol. The lowest BCUT2D eigenvalue weighted by molar-refractivity contribution is -0.136. The number of halogens is 1. The Labute approximate surface area is 156 Å². The molecule has 1 atom stereocenters. The maximum atomic E-state index is 13.0. The van der Waals surface area contributed by atoms with Crippen LogP contribution in [0.2, 0.25) is 0 Å². The third-order valence-corrected chi connectivity index (χ3v) is 5.02. The van der Waals surface area contributed by atoms with Crippen LogP contribution < -0.4 is 0 Å². The summed E-state index contributed by atoms with van der Waals surface area (Å²) in [7, 11) is 0. The quantitative estimate of drug-likeness (QED) is 0.637. The number of likely N-dealkylation sites (tertiary alicyclic amines) is 1. The largest absolute Gasteiger partial charge is 0.342 e. The van der Waals surface area contributed by atoms with E-state index in [9.17, 15) is 14.0 Å². The Hall–Kier alpha value is -1.91. The first kappa shape index (κ1) is 20.4. The summed E-state index contributed by atoms with van der Waals surface area (Å²) >= 11 is 0. The number of carbonyl (C=O) groups excluding carboxylic acids is 2. The van der Waals surface area contributed by atoms with Gasteiger partial charge in [0.25, 0.3) is 0 Å². The molecule has 1 heterocycles. The van der Waals surface area contributed by atoms with E-state index in [0.717, 1.165) is 44.3 Å². The topological polar surface area (TPSA) is 40.6 Å². The van der Waals surface area contributed by atoms with Gasteiger partial charge in [-0.25, -0.2) is 4.39 Å². The Morgan fingerprint density at radius 2 is 1.77 bits per heavy atom. The normalized spacial score (nSPS) is 17.0. The molecule has 0 unspecified atom stereocenters. The lowest BCUT2D eigenvalue weighted by atomic mass is 10.1. The van der Waals surface area contributed by atoms with E-state index in [0.29, 0.717) is 25.9 Å². The molecule has 0 spiro atoms. The minimum Gasteiger partial charge on any atom is -0.342 e. The van der Waals surface area contributed by atoms with Gasteiger partial charge in [0.1, 0.15) is 5.82 Å². The van der Waals surface area contributed by atoms with E-state index < -0.39 is 0 Å². The van der Waals surface area contributed by atoms with Gasteiger partial charge in [-0.05, 0) is 37.0 Å². The van der Waals surface area contributed by atoms with E-state index in [-0.39, 0.29) is 23.5 Å². The highest BCUT2D eigenvalue weighted by Crippen LogP contribution is 2.21. The van der Waals surface area contributed by atoms with Crippen molar-refractivity contribution in [3.8, 4) is 0 Å². The number of amides is 2. The fourth-order valence-electron chi connectivity index (χ4n) is 3.36. The van der Waals surface area contributed by atoms with Crippen LogP contribution in [0.1, 0.15) is 51.5 Å². The van der Waals surface area contributed by atoms with Crippen LogP contribution in [0.5, 0.6) is 0 Å². The Balaban J connectivity index is 1.89. The summed E-state index contributed by atoms with van der Waals surface area (Å²) in [4.78, 5) is 28.9. The van der Waals surface area contributed by atoms with Gasteiger partial charge in [-0.15, -0.1) is 0 Å². The van der Waals surface area contributed by atoms with Crippen LogP contribution in [-0.4, -0.2) is 47.8 Å². The van der Waals surface area contributed by atoms with Gasteiger partial charge >= 0.3 is 0 Å². The average Bonchev–Trinajstić information content (AvgIpc) is 3.02. The van der Waals surface area contributed by atoms with Gasteiger partial charge in [-0.3, -0.25) is 9.59 Å². The zero-order chi connectivity index (χ0) is 18.9. The summed E-state index contributed by atoms with van der Waals surface area (Å²) < 4.78 is 13.0. The second kappa shape index (κ2) is 10.3. The van der Waals surface area contributed by atoms with Crippen molar-refractivity contribution in [1.29, 1.82) is 0 Å². The Bertz CT molecular complexity index is 580. The number of hydrogen-bond donors (Lipinski definition) is 0. The predicted octanol–water partition coefficient (Wildman–Crippen LogP) is 3.65. The van der Waals surface area contributed by atoms with E-state index in [1.54, 1.807) is 17.0 Å². The van der Waals surface area contributed by atoms with Gasteiger partial charge in [0, 0.05) is 32.6 Å². The third-order valence-electron chi connectivity index (χ3n) is 5.02. The Kier molecular flexibility index (Phi) is 8.07. The lowest BCUT2D eigenvalue weighted by Crippen LogP contribution is -2.39. The van der Waals surface area contributed by atoms with E-state index in [2.05, 4.69) is 13.8 Å². The third kappa shape index (κ3) is 5.82. The maximum Gasteiger partial charge on any atom is 0.227 e. The Morgan fingerprint density at radius 3 is 2.35 bits per heavy atom. The van der Waals surface area contributed by atoms with Crippen LogP contribution >= 0.6 is 0 Å². The van der Waals surface area contributed by atoms with Crippen molar-refractivity contribution in [2.75, 3.05) is 26.2 Å². The zero-order valence-electron chi connectivity index (χ0n) is 16.0. The first-order valence-electron chi connectivity index (χ1n) is 9.86. The summed E-state index contributed by atoms with van der Waals surface area (Å²) in [5.41, 5.74) is 1.00. The van der Waals surface area contributed by atoms with Crippen LogP contribution in [0, 0.1) is 11.7 Å². The van der Waals surface area contributed by atoms with Crippen molar-refractivity contribution in [2.45, 2.75) is 52.4 Å². The number of unbranched alkanes of at least 4 members (excludes halogenated alkanes) is 2. The van der Waals surface area contributed by atoms with Gasteiger partial charge in [-0.2, -0.15) is 0 Å². The van der Waals surface area contributed by atoms with Crippen LogP contribution in [0.25, 0.3) is 0 Å². The molecule has 4 nitrogen and oxygen atoms in total. The standard InChI is InChI=1S/C21H31FN2O2/c1-3-5-12-23(13-6-4-2)21(26)18-15-20(25)24(16-18)14-11-17-7-9-19(22)10-8-17/h7-10,18H,3-6,11-16H2,1-2H3/t18-/m0/s1. The van der Waals surface area contributed by atoms with Gasteiger partial charge in [0.2, 0.25) is 11.8 Å². The van der Waals surface area contributed by atoms with E-state index >= 15 is 0 Å². The minimum atomic E-state index is -0.254. The molecule has 0 aromatic heterocycles. The molecular weight excluding hydrogens is 331 g/mol. The van der Waals surface area contributed by atoms with E-state index in [1.165, 1.54) is 12.1 Å². The summed E-state index contributed by atoms with van der Waals surface area (Å²) in [6.45, 7) is 6.91. The molecule has 2 amide bonds. The minimum absolute atomic E-state index is 0.0522. The van der Waals surface area contributed by atoms with Crippen molar-refractivity contribution in [3.63, 3.8) is 0 Å². The molecule has 26 heavy (non-hydrogen) atoms. The molecule has 0 aliphatic carbocycles. The Morgan fingerprint density at radius 1 is 1.15 bits per heavy atom. The second-order valence-electron chi connectivity index (χ2n) is 7.15. The van der Waals surface area contributed by atoms with Crippen LogP contribution in [-0.2, 0) is 16.0 Å². The van der Waals surface area contributed by atoms with Crippen molar-refractivity contribution < 1.29 is 14.0 Å². The monoisotopic (exact) mass is 362 g/mol. The number of rotatable bonds is 10. The van der Waals surface area contributed by atoms with Gasteiger partial charge in [0.05, 0.1) is 5.92 Å². The first-order valence-corrected chi connectivity index (χ1v) is 9.86. The number of nitrogens with zero attached hydrogens (tertiary/aromatic N) is 2.